The fraction of sp³-hybridized carbons (Fsp3) is 0.556. The maximum absolute atomic E-state index is 13.8. The number of nitrogen functional groups attached to an aromatic ring is 1. The molecule has 2 aromatic rings. The number of carbonyl (C=O) groups excluding carboxylic acids is 3. The second-order valence-corrected chi connectivity index (χ2v) is 7.98. The summed E-state index contributed by atoms with van der Waals surface area (Å²) >= 11 is 1.39. The van der Waals surface area contributed by atoms with Crippen molar-refractivity contribution in [3.05, 3.63) is 12.4 Å². The van der Waals surface area contributed by atoms with E-state index in [2.05, 4.69) is 15.0 Å². The number of fused-ring (bicyclic) bond motifs is 1. The molecule has 32 heavy (non-hydrogen) atoms. The van der Waals surface area contributed by atoms with Gasteiger partial charge in [0.2, 0.25) is 0 Å². The lowest BCUT2D eigenvalue weighted by Gasteiger charge is -2.23. The van der Waals surface area contributed by atoms with Gasteiger partial charge in [0.15, 0.2) is 35.4 Å². The molecule has 12 nitrogen and oxygen atoms in total. The zero-order chi connectivity index (χ0) is 23.4. The van der Waals surface area contributed by atoms with Gasteiger partial charge in [0.1, 0.15) is 12.7 Å². The van der Waals surface area contributed by atoms with Gasteiger partial charge in [-0.2, -0.15) is 26.1 Å². The number of thioether (sulfide) groups is 1. The van der Waals surface area contributed by atoms with Crippen LogP contribution in [0.3, 0.4) is 0 Å². The summed E-state index contributed by atoms with van der Waals surface area (Å²) in [5.41, 5.74) is 5.89. The number of esters is 3. The van der Waals surface area contributed by atoms with E-state index in [9.17, 15) is 18.8 Å². The topological polar surface area (TPSA) is 158 Å². The van der Waals surface area contributed by atoms with Crippen molar-refractivity contribution in [3.63, 3.8) is 0 Å². The van der Waals surface area contributed by atoms with Crippen LogP contribution in [-0.4, -0.2) is 73.9 Å². The second-order valence-electron chi connectivity index (χ2n) is 6.83. The number of ether oxygens (including phenoxy) is 4. The van der Waals surface area contributed by atoms with Gasteiger partial charge >= 0.3 is 24.0 Å². The molecule has 4 atom stereocenters. The number of nitrogens with two attached hydrogens (primary N) is 1. The molecule has 0 amide bonds. The molecule has 1 aliphatic heterocycles. The minimum atomic E-state index is -1.06. The third-order valence-electron chi connectivity index (χ3n) is 4.40. The van der Waals surface area contributed by atoms with Gasteiger partial charge in [-0.25, -0.2) is 4.98 Å². The molecule has 2 aromatic heterocycles. The van der Waals surface area contributed by atoms with Crippen LogP contribution in [0.4, 0.5) is 10.2 Å². The van der Waals surface area contributed by atoms with Crippen molar-refractivity contribution < 1.29 is 37.7 Å². The maximum atomic E-state index is 13.8. The van der Waals surface area contributed by atoms with Gasteiger partial charge in [-0.05, 0) is 0 Å². The minimum absolute atomic E-state index is 0.0295. The zero-order valence-electron chi connectivity index (χ0n) is 17.5. The monoisotopic (exact) mass is 471 g/mol. The highest BCUT2D eigenvalue weighted by atomic mass is 32.2. The Hall–Kier alpha value is -3.00. The highest BCUT2D eigenvalue weighted by Crippen LogP contribution is 2.37. The van der Waals surface area contributed by atoms with Crippen LogP contribution in [0.25, 0.3) is 11.2 Å². The Bertz CT molecular complexity index is 1020. The van der Waals surface area contributed by atoms with Crippen LogP contribution in [0.15, 0.2) is 6.33 Å². The highest BCUT2D eigenvalue weighted by Gasteiger charge is 2.50. The number of imidazole rings is 1. The molecule has 0 unspecified atom stereocenters. The number of halogens is 1. The first-order valence-electron chi connectivity index (χ1n) is 9.54. The fourth-order valence-electron chi connectivity index (χ4n) is 3.26. The molecule has 2 N–H and O–H groups in total. The number of anilines is 1. The van der Waals surface area contributed by atoms with Crippen molar-refractivity contribution in [2.45, 2.75) is 45.3 Å². The lowest BCUT2D eigenvalue weighted by molar-refractivity contribution is -0.165. The van der Waals surface area contributed by atoms with Crippen LogP contribution in [0.2, 0.25) is 0 Å². The molecule has 0 aromatic carbocycles. The Morgan fingerprint density at radius 3 is 2.50 bits per heavy atom. The van der Waals surface area contributed by atoms with Crippen LogP contribution in [0, 0.1) is 6.08 Å². The van der Waals surface area contributed by atoms with E-state index in [-0.39, 0.29) is 23.6 Å². The molecule has 1 saturated heterocycles. The van der Waals surface area contributed by atoms with Crippen molar-refractivity contribution in [1.82, 2.24) is 19.5 Å². The third kappa shape index (κ3) is 5.43. The SMILES string of the molecule is CC(=O)OCCSC[C@H]1O[C@@H](n2cnc3c(N)nc(F)nc32)[C@H](OC(C)=O)[C@@H]1OC(C)=O. The lowest BCUT2D eigenvalue weighted by atomic mass is 10.1. The first-order chi connectivity index (χ1) is 15.2. The molecule has 174 valence electrons. The summed E-state index contributed by atoms with van der Waals surface area (Å²) in [4.78, 5) is 45.7. The van der Waals surface area contributed by atoms with Gasteiger partial charge < -0.3 is 24.7 Å². The normalized spacial score (nSPS) is 22.6. The summed E-state index contributed by atoms with van der Waals surface area (Å²) in [5.74, 6) is -0.990. The van der Waals surface area contributed by atoms with E-state index >= 15 is 0 Å². The van der Waals surface area contributed by atoms with Crippen molar-refractivity contribution >= 4 is 46.7 Å². The van der Waals surface area contributed by atoms with Crippen molar-refractivity contribution in [1.29, 1.82) is 0 Å². The standard InChI is InChI=1S/C18H22FN5O7S/c1-8(25)28-4-5-32-6-11-13(29-9(2)26)14(30-10(3)27)17(31-11)24-7-21-12-15(20)22-18(19)23-16(12)24/h7,11,13-14,17H,4-6H2,1-3H3,(H2,20,22,23)/t11-,13-,14-,17-/m1/s1. The predicted octanol–water partition coefficient (Wildman–Crippen LogP) is 0.605. The molecule has 0 saturated carbocycles. The summed E-state index contributed by atoms with van der Waals surface area (Å²) in [5, 5.41) is 0. The van der Waals surface area contributed by atoms with E-state index in [4.69, 9.17) is 24.7 Å². The van der Waals surface area contributed by atoms with E-state index < -0.39 is 48.5 Å². The number of hydrogen-bond acceptors (Lipinski definition) is 12. The van der Waals surface area contributed by atoms with Gasteiger partial charge in [0, 0.05) is 32.3 Å². The average molecular weight is 471 g/mol. The zero-order valence-corrected chi connectivity index (χ0v) is 18.3. The van der Waals surface area contributed by atoms with E-state index in [1.165, 1.54) is 43.4 Å². The molecule has 14 heteroatoms. The minimum Gasteiger partial charge on any atom is -0.465 e. The first-order valence-corrected chi connectivity index (χ1v) is 10.7. The maximum Gasteiger partial charge on any atom is 0.312 e. The smallest absolute Gasteiger partial charge is 0.312 e. The lowest BCUT2D eigenvalue weighted by Crippen LogP contribution is -2.39. The van der Waals surface area contributed by atoms with Crippen molar-refractivity contribution in [2.75, 3.05) is 23.8 Å². The van der Waals surface area contributed by atoms with E-state index in [1.54, 1.807) is 0 Å². The molecular formula is C18H22FN5O7S. The second kappa shape index (κ2) is 10.1. The van der Waals surface area contributed by atoms with Crippen LogP contribution < -0.4 is 5.73 Å². The quantitative estimate of drug-likeness (QED) is 0.248. The van der Waals surface area contributed by atoms with Gasteiger partial charge in [0.05, 0.1) is 6.33 Å². The van der Waals surface area contributed by atoms with Crippen LogP contribution >= 0.6 is 11.8 Å². The molecule has 0 radical (unpaired) electrons. The van der Waals surface area contributed by atoms with Crippen LogP contribution in [-0.2, 0) is 33.3 Å². The van der Waals surface area contributed by atoms with E-state index in [1.807, 2.05) is 0 Å². The largest absolute Gasteiger partial charge is 0.465 e. The Morgan fingerprint density at radius 2 is 1.84 bits per heavy atom. The highest BCUT2D eigenvalue weighted by molar-refractivity contribution is 7.99. The van der Waals surface area contributed by atoms with Crippen molar-refractivity contribution in [3.8, 4) is 0 Å². The molecule has 1 fully saturated rings. The summed E-state index contributed by atoms with van der Waals surface area (Å²) in [7, 11) is 0. The van der Waals surface area contributed by atoms with Gasteiger partial charge in [0.25, 0.3) is 0 Å². The van der Waals surface area contributed by atoms with E-state index in [0.717, 1.165) is 0 Å². The number of carbonyl (C=O) groups is 3. The number of nitrogens with zero attached hydrogens (tertiary/aromatic N) is 4. The average Bonchev–Trinajstić information content (AvgIpc) is 3.23. The van der Waals surface area contributed by atoms with Crippen LogP contribution in [0.1, 0.15) is 27.0 Å². The summed E-state index contributed by atoms with van der Waals surface area (Å²) < 4.78 is 36.9. The number of rotatable bonds is 8. The molecule has 1 aliphatic rings. The Morgan fingerprint density at radius 1 is 1.16 bits per heavy atom. The summed E-state index contributed by atoms with van der Waals surface area (Å²) in [6.07, 6.45) is -3.50. The third-order valence-corrected chi connectivity index (χ3v) is 5.42. The number of hydrogen-bond donors (Lipinski definition) is 1. The van der Waals surface area contributed by atoms with Crippen LogP contribution in [0.5, 0.6) is 0 Å². The van der Waals surface area contributed by atoms with E-state index in [0.29, 0.717) is 11.5 Å². The molecule has 3 rings (SSSR count). The Balaban J connectivity index is 1.89. The molecule has 0 spiro atoms. The molecule has 3 heterocycles. The predicted molar refractivity (Wildman–Crippen MR) is 109 cm³/mol. The molecular weight excluding hydrogens is 449 g/mol. The Labute approximate surface area is 185 Å². The van der Waals surface area contributed by atoms with Gasteiger partial charge in [-0.3, -0.25) is 19.0 Å². The van der Waals surface area contributed by atoms with Gasteiger partial charge in [-0.1, -0.05) is 0 Å². The first kappa shape index (κ1) is 23.7. The Kier molecular flexibility index (Phi) is 7.45. The molecule has 0 bridgehead atoms. The molecule has 0 aliphatic carbocycles. The van der Waals surface area contributed by atoms with Gasteiger partial charge in [-0.15, -0.1) is 0 Å². The fourth-order valence-corrected chi connectivity index (χ4v) is 4.13. The summed E-state index contributed by atoms with van der Waals surface area (Å²) in [6.45, 7) is 3.93. The summed E-state index contributed by atoms with van der Waals surface area (Å²) in [6, 6.07) is 0. The van der Waals surface area contributed by atoms with Crippen molar-refractivity contribution in [2.24, 2.45) is 0 Å². The number of aromatic nitrogens is 4.